The largest absolute Gasteiger partial charge is 0.298 e. The molecule has 6 nitrogen and oxygen atoms in total. The predicted molar refractivity (Wildman–Crippen MR) is 122 cm³/mol. The van der Waals surface area contributed by atoms with Crippen LogP contribution in [0.1, 0.15) is 48.7 Å². The Morgan fingerprint density at radius 2 is 1.61 bits per heavy atom. The van der Waals surface area contributed by atoms with Crippen LogP contribution >= 0.6 is 11.6 Å². The third kappa shape index (κ3) is 4.66. The van der Waals surface area contributed by atoms with Crippen molar-refractivity contribution in [3.63, 3.8) is 0 Å². The molecule has 162 valence electrons. The first-order valence-electron chi connectivity index (χ1n) is 11.3. The summed E-state index contributed by atoms with van der Waals surface area (Å²) in [6.45, 7) is 4.91. The number of piperazine rings is 1. The lowest BCUT2D eigenvalue weighted by atomic mass is 10.0. The third-order valence-corrected chi connectivity index (χ3v) is 6.97. The molecule has 1 aliphatic heterocycles. The van der Waals surface area contributed by atoms with Crippen molar-refractivity contribution in [2.24, 2.45) is 0 Å². The molecule has 1 saturated heterocycles. The summed E-state index contributed by atoms with van der Waals surface area (Å²) in [5.41, 5.74) is 2.37. The zero-order chi connectivity index (χ0) is 21.0. The Morgan fingerprint density at radius 3 is 2.32 bits per heavy atom. The van der Waals surface area contributed by atoms with Gasteiger partial charge in [0.25, 0.3) is 0 Å². The van der Waals surface area contributed by atoms with E-state index in [0.29, 0.717) is 6.54 Å². The molecule has 7 heteroatoms. The van der Waals surface area contributed by atoms with E-state index in [4.69, 9.17) is 11.6 Å². The Hall–Kier alpha value is -2.28. The number of tetrazole rings is 1. The van der Waals surface area contributed by atoms with Gasteiger partial charge in [0.15, 0.2) is 5.82 Å². The second kappa shape index (κ2) is 9.47. The molecule has 0 unspecified atom stereocenters. The normalized spacial score (nSPS) is 19.6. The van der Waals surface area contributed by atoms with Crippen molar-refractivity contribution in [3.05, 3.63) is 76.6 Å². The van der Waals surface area contributed by atoms with Crippen LogP contribution in [0.25, 0.3) is 0 Å². The minimum absolute atomic E-state index is 0.0155. The molecule has 2 aromatic carbocycles. The van der Waals surface area contributed by atoms with Crippen LogP contribution in [0.15, 0.2) is 54.6 Å². The fourth-order valence-corrected chi connectivity index (χ4v) is 5.20. The quantitative estimate of drug-likeness (QED) is 0.584. The van der Waals surface area contributed by atoms with Gasteiger partial charge in [-0.15, -0.1) is 5.10 Å². The predicted octanol–water partition coefficient (Wildman–Crippen LogP) is 4.02. The average Bonchev–Trinajstić information content (AvgIpc) is 3.50. The first-order valence-corrected chi connectivity index (χ1v) is 11.7. The van der Waals surface area contributed by atoms with Gasteiger partial charge in [0.1, 0.15) is 0 Å². The summed E-state index contributed by atoms with van der Waals surface area (Å²) < 4.78 is 1.94. The standard InChI is InChI=1S/C24H29ClN6/c25-21-12-10-20(11-13-21)23(30-16-14-29(15-17-30)22-8-4-5-9-22)24-26-27-28-31(24)18-19-6-2-1-3-7-19/h1-3,6-7,10-13,22-23H,4-5,8-9,14-18H2/t23-/m1/s1. The molecule has 5 rings (SSSR count). The summed E-state index contributed by atoms with van der Waals surface area (Å²) in [5, 5.41) is 13.6. The summed E-state index contributed by atoms with van der Waals surface area (Å²) in [7, 11) is 0. The van der Waals surface area contributed by atoms with Crippen LogP contribution in [0.2, 0.25) is 5.02 Å². The van der Waals surface area contributed by atoms with E-state index in [1.807, 2.05) is 22.9 Å². The van der Waals surface area contributed by atoms with Gasteiger partial charge in [-0.25, -0.2) is 4.68 Å². The van der Waals surface area contributed by atoms with E-state index in [9.17, 15) is 0 Å². The Bertz CT molecular complexity index is 959. The van der Waals surface area contributed by atoms with Crippen molar-refractivity contribution in [2.45, 2.75) is 44.3 Å². The second-order valence-electron chi connectivity index (χ2n) is 8.64. The van der Waals surface area contributed by atoms with Crippen LogP contribution in [-0.4, -0.2) is 62.2 Å². The van der Waals surface area contributed by atoms with Crippen LogP contribution < -0.4 is 0 Å². The molecular weight excluding hydrogens is 408 g/mol. The summed E-state index contributed by atoms with van der Waals surface area (Å²) in [6, 6.07) is 19.3. The highest BCUT2D eigenvalue weighted by atomic mass is 35.5. The molecule has 31 heavy (non-hydrogen) atoms. The number of hydrogen-bond acceptors (Lipinski definition) is 5. The molecule has 2 heterocycles. The zero-order valence-electron chi connectivity index (χ0n) is 17.8. The van der Waals surface area contributed by atoms with Crippen molar-refractivity contribution in [2.75, 3.05) is 26.2 Å². The summed E-state index contributed by atoms with van der Waals surface area (Å²) in [6.07, 6.45) is 5.48. The number of rotatable bonds is 6. The van der Waals surface area contributed by atoms with Gasteiger partial charge < -0.3 is 0 Å². The molecule has 1 aromatic heterocycles. The zero-order valence-corrected chi connectivity index (χ0v) is 18.5. The maximum atomic E-state index is 6.19. The molecule has 0 radical (unpaired) electrons. The molecule has 0 amide bonds. The Morgan fingerprint density at radius 1 is 0.903 bits per heavy atom. The smallest absolute Gasteiger partial charge is 0.173 e. The highest BCUT2D eigenvalue weighted by Crippen LogP contribution is 2.31. The van der Waals surface area contributed by atoms with Gasteiger partial charge in [0, 0.05) is 37.2 Å². The highest BCUT2D eigenvalue weighted by Gasteiger charge is 2.33. The lowest BCUT2D eigenvalue weighted by molar-refractivity contribution is 0.0771. The molecule has 2 fully saturated rings. The molecule has 0 spiro atoms. The van der Waals surface area contributed by atoms with Crippen molar-refractivity contribution in [1.82, 2.24) is 30.0 Å². The van der Waals surface area contributed by atoms with Gasteiger partial charge in [-0.1, -0.05) is 66.9 Å². The Labute approximate surface area is 188 Å². The monoisotopic (exact) mass is 436 g/mol. The number of nitrogens with zero attached hydrogens (tertiary/aromatic N) is 6. The molecule has 1 atom stereocenters. The minimum atomic E-state index is 0.0155. The van der Waals surface area contributed by atoms with E-state index in [0.717, 1.165) is 43.1 Å². The lowest BCUT2D eigenvalue weighted by Gasteiger charge is -2.41. The maximum Gasteiger partial charge on any atom is 0.173 e. The summed E-state index contributed by atoms with van der Waals surface area (Å²) >= 11 is 6.19. The molecule has 0 bridgehead atoms. The molecule has 0 N–H and O–H groups in total. The van der Waals surface area contributed by atoms with Crippen LogP contribution in [-0.2, 0) is 6.54 Å². The Kier molecular flexibility index (Phi) is 6.30. The first-order chi connectivity index (χ1) is 15.3. The summed E-state index contributed by atoms with van der Waals surface area (Å²) in [5.74, 6) is 0.889. The number of hydrogen-bond donors (Lipinski definition) is 0. The second-order valence-corrected chi connectivity index (χ2v) is 9.08. The van der Waals surface area contributed by atoms with Gasteiger partial charge in [-0.05, 0) is 46.5 Å². The van der Waals surface area contributed by atoms with Crippen molar-refractivity contribution in [3.8, 4) is 0 Å². The Balaban J connectivity index is 1.41. The van der Waals surface area contributed by atoms with E-state index in [1.54, 1.807) is 0 Å². The van der Waals surface area contributed by atoms with Gasteiger partial charge in [-0.2, -0.15) is 0 Å². The van der Waals surface area contributed by atoms with E-state index < -0.39 is 0 Å². The fraction of sp³-hybridized carbons (Fsp3) is 0.458. The lowest BCUT2D eigenvalue weighted by Crippen LogP contribution is -2.51. The number of halogens is 1. The van der Waals surface area contributed by atoms with Gasteiger partial charge in [0.2, 0.25) is 0 Å². The molecule has 2 aliphatic rings. The maximum absolute atomic E-state index is 6.19. The van der Waals surface area contributed by atoms with Crippen LogP contribution in [0.5, 0.6) is 0 Å². The molecule has 1 aliphatic carbocycles. The number of aromatic nitrogens is 4. The van der Waals surface area contributed by atoms with Crippen molar-refractivity contribution >= 4 is 11.6 Å². The van der Waals surface area contributed by atoms with Crippen molar-refractivity contribution in [1.29, 1.82) is 0 Å². The minimum Gasteiger partial charge on any atom is -0.298 e. The third-order valence-electron chi connectivity index (χ3n) is 6.72. The van der Waals surface area contributed by atoms with E-state index >= 15 is 0 Å². The van der Waals surface area contributed by atoms with Crippen LogP contribution in [0.3, 0.4) is 0 Å². The molecular formula is C24H29ClN6. The molecule has 3 aromatic rings. The van der Waals surface area contributed by atoms with E-state index in [2.05, 4.69) is 61.7 Å². The van der Waals surface area contributed by atoms with Crippen LogP contribution in [0, 0.1) is 0 Å². The van der Waals surface area contributed by atoms with E-state index in [1.165, 1.54) is 36.8 Å². The van der Waals surface area contributed by atoms with Crippen LogP contribution in [0.4, 0.5) is 0 Å². The topological polar surface area (TPSA) is 50.1 Å². The van der Waals surface area contributed by atoms with Gasteiger partial charge in [0.05, 0.1) is 12.6 Å². The highest BCUT2D eigenvalue weighted by molar-refractivity contribution is 6.30. The first kappa shape index (κ1) is 20.6. The van der Waals surface area contributed by atoms with Gasteiger partial charge in [-0.3, -0.25) is 9.80 Å². The number of benzene rings is 2. The molecule has 1 saturated carbocycles. The SMILES string of the molecule is Clc1ccc([C@H](c2nnnn2Cc2ccccc2)N2CCN(C3CCCC3)CC2)cc1. The summed E-state index contributed by atoms with van der Waals surface area (Å²) in [4.78, 5) is 5.22. The average molecular weight is 437 g/mol. The van der Waals surface area contributed by atoms with Gasteiger partial charge >= 0.3 is 0 Å². The van der Waals surface area contributed by atoms with Crippen molar-refractivity contribution < 1.29 is 0 Å². The fourth-order valence-electron chi connectivity index (χ4n) is 5.07. The van der Waals surface area contributed by atoms with E-state index in [-0.39, 0.29) is 6.04 Å².